The van der Waals surface area contributed by atoms with Gasteiger partial charge in [-0.15, -0.1) is 0 Å². The summed E-state index contributed by atoms with van der Waals surface area (Å²) in [6, 6.07) is 11.9. The van der Waals surface area contributed by atoms with Gasteiger partial charge >= 0.3 is 0 Å². The molecule has 2 aromatic carbocycles. The number of phenols is 1. The first-order valence-electron chi connectivity index (χ1n) is 7.47. The topological polar surface area (TPSA) is 65.1 Å². The molecule has 0 saturated carbocycles. The van der Waals surface area contributed by atoms with E-state index in [2.05, 4.69) is 10.3 Å². The molecule has 3 aromatic rings. The summed E-state index contributed by atoms with van der Waals surface area (Å²) in [5.41, 5.74) is 2.06. The molecule has 118 valence electrons. The number of amides is 1. The highest BCUT2D eigenvalue weighted by Gasteiger charge is 2.11. The third-order valence-corrected chi connectivity index (χ3v) is 3.78. The zero-order valence-electron chi connectivity index (χ0n) is 12.5. The quantitative estimate of drug-likeness (QED) is 0.624. The number of H-pyrrole nitrogens is 1. The average molecular weight is 312 g/mol. The minimum absolute atomic E-state index is 0.162. The van der Waals surface area contributed by atoms with Crippen molar-refractivity contribution in [3.63, 3.8) is 0 Å². The van der Waals surface area contributed by atoms with Gasteiger partial charge in [0.1, 0.15) is 11.4 Å². The normalized spacial score (nSPS) is 10.8. The van der Waals surface area contributed by atoms with Gasteiger partial charge in [-0.3, -0.25) is 4.79 Å². The lowest BCUT2D eigenvalue weighted by Crippen LogP contribution is -2.12. The lowest BCUT2D eigenvalue weighted by molar-refractivity contribution is -0.116. The Hall–Kier alpha value is -2.82. The van der Waals surface area contributed by atoms with E-state index in [4.69, 9.17) is 0 Å². The van der Waals surface area contributed by atoms with Gasteiger partial charge in [-0.25, -0.2) is 4.39 Å². The van der Waals surface area contributed by atoms with Crippen molar-refractivity contribution in [2.45, 2.75) is 19.3 Å². The highest BCUT2D eigenvalue weighted by molar-refractivity contribution is 5.92. The summed E-state index contributed by atoms with van der Waals surface area (Å²) in [6.07, 6.45) is 3.60. The molecule has 1 heterocycles. The van der Waals surface area contributed by atoms with Crippen molar-refractivity contribution in [1.29, 1.82) is 0 Å². The van der Waals surface area contributed by atoms with Crippen LogP contribution in [-0.4, -0.2) is 16.0 Å². The molecule has 0 radical (unpaired) electrons. The lowest BCUT2D eigenvalue weighted by Gasteiger charge is -2.08. The number of hydrogen-bond acceptors (Lipinski definition) is 2. The van der Waals surface area contributed by atoms with Crippen LogP contribution in [0.3, 0.4) is 0 Å². The van der Waals surface area contributed by atoms with Crippen molar-refractivity contribution in [3.8, 4) is 5.75 Å². The van der Waals surface area contributed by atoms with E-state index in [9.17, 15) is 14.3 Å². The summed E-state index contributed by atoms with van der Waals surface area (Å²) < 4.78 is 13.6. The Balaban J connectivity index is 1.57. The number of aromatic hydroxyl groups is 1. The standard InChI is InChI=1S/C18H17FN2O2/c19-14-7-4-9-16(22)18(14)21-17(23)10-3-5-12-11-20-15-8-2-1-6-13(12)15/h1-2,4,6-9,11,20,22H,3,5,10H2,(H,21,23). The molecular formula is C18H17FN2O2. The second-order valence-electron chi connectivity index (χ2n) is 5.40. The van der Waals surface area contributed by atoms with Crippen LogP contribution in [0.25, 0.3) is 10.9 Å². The van der Waals surface area contributed by atoms with Crippen LogP contribution in [0, 0.1) is 5.82 Å². The molecule has 0 spiro atoms. The van der Waals surface area contributed by atoms with Gasteiger partial charge < -0.3 is 15.4 Å². The fourth-order valence-corrected chi connectivity index (χ4v) is 2.62. The number of carbonyl (C=O) groups is 1. The van der Waals surface area contributed by atoms with Gasteiger partial charge in [-0.2, -0.15) is 0 Å². The van der Waals surface area contributed by atoms with Crippen molar-refractivity contribution < 1.29 is 14.3 Å². The van der Waals surface area contributed by atoms with Crippen LogP contribution in [0.2, 0.25) is 0 Å². The molecule has 5 heteroatoms. The number of aromatic nitrogens is 1. The minimum Gasteiger partial charge on any atom is -0.506 e. The number of aryl methyl sites for hydroxylation is 1. The lowest BCUT2D eigenvalue weighted by atomic mass is 10.1. The monoisotopic (exact) mass is 312 g/mol. The average Bonchev–Trinajstić information content (AvgIpc) is 2.95. The Morgan fingerprint density at radius 2 is 2.00 bits per heavy atom. The number of para-hydroxylation sites is 2. The number of nitrogens with one attached hydrogen (secondary N) is 2. The first-order valence-corrected chi connectivity index (χ1v) is 7.47. The van der Waals surface area contributed by atoms with Crippen LogP contribution in [0.4, 0.5) is 10.1 Å². The summed E-state index contributed by atoms with van der Waals surface area (Å²) in [4.78, 5) is 15.1. The Morgan fingerprint density at radius 3 is 2.83 bits per heavy atom. The molecule has 4 nitrogen and oxygen atoms in total. The van der Waals surface area contributed by atoms with Gasteiger partial charge in [-0.05, 0) is 36.6 Å². The molecular weight excluding hydrogens is 295 g/mol. The molecule has 0 saturated heterocycles. The summed E-state index contributed by atoms with van der Waals surface area (Å²) >= 11 is 0. The number of anilines is 1. The zero-order valence-corrected chi connectivity index (χ0v) is 12.5. The van der Waals surface area contributed by atoms with Gasteiger partial charge in [0, 0.05) is 23.5 Å². The van der Waals surface area contributed by atoms with Crippen LogP contribution in [0.1, 0.15) is 18.4 Å². The molecule has 23 heavy (non-hydrogen) atoms. The van der Waals surface area contributed by atoms with Gasteiger partial charge in [0.2, 0.25) is 5.91 Å². The van der Waals surface area contributed by atoms with Crippen molar-refractivity contribution in [3.05, 3.63) is 60.0 Å². The molecule has 0 aliphatic rings. The van der Waals surface area contributed by atoms with Gasteiger partial charge in [0.25, 0.3) is 0 Å². The van der Waals surface area contributed by atoms with Crippen molar-refractivity contribution >= 4 is 22.5 Å². The maximum atomic E-state index is 13.6. The van der Waals surface area contributed by atoms with E-state index in [1.807, 2.05) is 30.5 Å². The van der Waals surface area contributed by atoms with E-state index in [0.29, 0.717) is 6.42 Å². The number of benzene rings is 2. The van der Waals surface area contributed by atoms with Crippen molar-refractivity contribution in [2.24, 2.45) is 0 Å². The zero-order chi connectivity index (χ0) is 16.2. The molecule has 1 aromatic heterocycles. The predicted octanol–water partition coefficient (Wildman–Crippen LogP) is 3.97. The molecule has 0 atom stereocenters. The third-order valence-electron chi connectivity index (χ3n) is 3.78. The van der Waals surface area contributed by atoms with Crippen LogP contribution < -0.4 is 5.32 Å². The van der Waals surface area contributed by atoms with Crippen molar-refractivity contribution in [2.75, 3.05) is 5.32 Å². The molecule has 3 rings (SSSR count). The molecule has 0 bridgehead atoms. The number of fused-ring (bicyclic) bond motifs is 1. The SMILES string of the molecule is O=C(CCCc1c[nH]c2ccccc12)Nc1c(O)cccc1F. The van der Waals surface area contributed by atoms with Gasteiger partial charge in [0.15, 0.2) is 5.82 Å². The maximum absolute atomic E-state index is 13.6. The molecule has 3 N–H and O–H groups in total. The number of rotatable bonds is 5. The summed E-state index contributed by atoms with van der Waals surface area (Å²) in [6.45, 7) is 0. The van der Waals surface area contributed by atoms with Crippen LogP contribution >= 0.6 is 0 Å². The Bertz CT molecular complexity index is 822. The van der Waals surface area contributed by atoms with E-state index in [1.54, 1.807) is 0 Å². The fraction of sp³-hybridized carbons (Fsp3) is 0.167. The maximum Gasteiger partial charge on any atom is 0.224 e. The highest BCUT2D eigenvalue weighted by Crippen LogP contribution is 2.26. The summed E-state index contributed by atoms with van der Waals surface area (Å²) in [5.74, 6) is -1.23. The number of carbonyl (C=O) groups excluding carboxylic acids is 1. The van der Waals surface area contributed by atoms with E-state index < -0.39 is 5.82 Å². The van der Waals surface area contributed by atoms with Crippen LogP contribution in [0.5, 0.6) is 5.75 Å². The van der Waals surface area contributed by atoms with Crippen LogP contribution in [-0.2, 0) is 11.2 Å². The third kappa shape index (κ3) is 3.34. The van der Waals surface area contributed by atoms with E-state index in [-0.39, 0.29) is 23.8 Å². The molecule has 0 aliphatic heterocycles. The number of halogens is 1. The predicted molar refractivity (Wildman–Crippen MR) is 87.9 cm³/mol. The van der Waals surface area contributed by atoms with E-state index in [0.717, 1.165) is 22.9 Å². The Kier molecular flexibility index (Phi) is 4.28. The van der Waals surface area contributed by atoms with E-state index in [1.165, 1.54) is 18.2 Å². The summed E-state index contributed by atoms with van der Waals surface area (Å²) in [5, 5.41) is 13.2. The first-order chi connectivity index (χ1) is 11.1. The molecule has 0 unspecified atom stereocenters. The van der Waals surface area contributed by atoms with Crippen LogP contribution in [0.15, 0.2) is 48.7 Å². The highest BCUT2D eigenvalue weighted by atomic mass is 19.1. The van der Waals surface area contributed by atoms with E-state index >= 15 is 0 Å². The Morgan fingerprint density at radius 1 is 1.17 bits per heavy atom. The fourth-order valence-electron chi connectivity index (χ4n) is 2.62. The first kappa shape index (κ1) is 15.1. The number of aromatic amines is 1. The van der Waals surface area contributed by atoms with Gasteiger partial charge in [0.05, 0.1) is 0 Å². The molecule has 0 fully saturated rings. The summed E-state index contributed by atoms with van der Waals surface area (Å²) in [7, 11) is 0. The number of hydrogen-bond donors (Lipinski definition) is 3. The number of phenolic OH excluding ortho intramolecular Hbond substituents is 1. The molecule has 0 aliphatic carbocycles. The second-order valence-corrected chi connectivity index (χ2v) is 5.40. The Labute approximate surface area is 133 Å². The van der Waals surface area contributed by atoms with Crippen molar-refractivity contribution in [1.82, 2.24) is 4.98 Å². The minimum atomic E-state index is -0.644. The second kappa shape index (κ2) is 6.52. The molecule has 1 amide bonds. The largest absolute Gasteiger partial charge is 0.506 e. The smallest absolute Gasteiger partial charge is 0.224 e. The van der Waals surface area contributed by atoms with Gasteiger partial charge in [-0.1, -0.05) is 24.3 Å².